The van der Waals surface area contributed by atoms with Gasteiger partial charge in [-0.1, -0.05) is 41.4 Å². The summed E-state index contributed by atoms with van der Waals surface area (Å²) in [7, 11) is 0. The number of carbonyl (C=O) groups excluding carboxylic acids is 1. The summed E-state index contributed by atoms with van der Waals surface area (Å²) in [5.74, 6) is 0.670. The summed E-state index contributed by atoms with van der Waals surface area (Å²) < 4.78 is 0. The zero-order valence-electron chi connectivity index (χ0n) is 13.0. The van der Waals surface area contributed by atoms with Gasteiger partial charge in [-0.05, 0) is 30.3 Å². The summed E-state index contributed by atoms with van der Waals surface area (Å²) in [5.41, 5.74) is 1.52. The van der Waals surface area contributed by atoms with Crippen LogP contribution in [0.25, 0.3) is 11.3 Å². The molecule has 0 atom stereocenters. The predicted molar refractivity (Wildman–Crippen MR) is 108 cm³/mol. The summed E-state index contributed by atoms with van der Waals surface area (Å²) >= 11 is 15.1. The average molecular weight is 409 g/mol. The van der Waals surface area contributed by atoms with Gasteiger partial charge in [0, 0.05) is 33.0 Å². The maximum atomic E-state index is 12.1. The Morgan fingerprint density at radius 1 is 1.16 bits per heavy atom. The lowest BCUT2D eigenvalue weighted by Crippen LogP contribution is -2.11. The van der Waals surface area contributed by atoms with Crippen LogP contribution < -0.4 is 5.32 Å². The third kappa shape index (κ3) is 5.22. The van der Waals surface area contributed by atoms with E-state index in [0.717, 1.165) is 21.9 Å². The van der Waals surface area contributed by atoms with E-state index in [1.54, 1.807) is 23.9 Å². The van der Waals surface area contributed by atoms with E-state index in [1.807, 2.05) is 41.8 Å². The molecule has 1 N–H and O–H groups in total. The van der Waals surface area contributed by atoms with E-state index in [-0.39, 0.29) is 5.91 Å². The van der Waals surface area contributed by atoms with Crippen LogP contribution in [0.2, 0.25) is 10.0 Å². The fourth-order valence-electron chi connectivity index (χ4n) is 2.11. The number of rotatable bonds is 6. The van der Waals surface area contributed by atoms with Gasteiger partial charge < -0.3 is 5.32 Å². The first-order valence-electron chi connectivity index (χ1n) is 7.50. The Bertz CT molecular complexity index is 869. The van der Waals surface area contributed by atoms with Crippen molar-refractivity contribution in [1.82, 2.24) is 4.98 Å². The molecule has 1 heterocycles. The molecule has 0 radical (unpaired) electrons. The van der Waals surface area contributed by atoms with Gasteiger partial charge in [0.05, 0.1) is 10.7 Å². The molecule has 3 aromatic rings. The molecule has 3 nitrogen and oxygen atoms in total. The summed E-state index contributed by atoms with van der Waals surface area (Å²) in [5, 5.41) is 6.38. The van der Waals surface area contributed by atoms with Gasteiger partial charge in [-0.3, -0.25) is 4.79 Å². The van der Waals surface area contributed by atoms with Crippen molar-refractivity contribution in [3.05, 3.63) is 64.0 Å². The Morgan fingerprint density at radius 3 is 2.72 bits per heavy atom. The number of aromatic nitrogens is 1. The van der Waals surface area contributed by atoms with Crippen LogP contribution in [0.3, 0.4) is 0 Å². The first kappa shape index (κ1) is 18.3. The maximum Gasteiger partial charge on any atom is 0.226 e. The van der Waals surface area contributed by atoms with Crippen molar-refractivity contribution in [2.24, 2.45) is 0 Å². The molecule has 25 heavy (non-hydrogen) atoms. The van der Waals surface area contributed by atoms with Crippen LogP contribution in [0.1, 0.15) is 6.42 Å². The largest absolute Gasteiger partial charge is 0.302 e. The van der Waals surface area contributed by atoms with E-state index >= 15 is 0 Å². The number of carbonyl (C=O) groups is 1. The second-order valence-corrected chi connectivity index (χ2v) is 7.99. The molecule has 7 heteroatoms. The van der Waals surface area contributed by atoms with Gasteiger partial charge in [-0.25, -0.2) is 4.98 Å². The van der Waals surface area contributed by atoms with Gasteiger partial charge in [0.25, 0.3) is 0 Å². The molecule has 0 spiro atoms. The van der Waals surface area contributed by atoms with Crippen LogP contribution in [-0.4, -0.2) is 16.6 Å². The summed E-state index contributed by atoms with van der Waals surface area (Å²) in [6.07, 6.45) is 0.427. The summed E-state index contributed by atoms with van der Waals surface area (Å²) in [6, 6.07) is 15.3. The van der Waals surface area contributed by atoms with Crippen molar-refractivity contribution in [3.63, 3.8) is 0 Å². The van der Waals surface area contributed by atoms with Crippen molar-refractivity contribution in [2.45, 2.75) is 11.3 Å². The normalized spacial score (nSPS) is 10.6. The molecule has 128 valence electrons. The molecule has 0 unspecified atom stereocenters. The number of nitrogens with zero attached hydrogens (tertiary/aromatic N) is 1. The van der Waals surface area contributed by atoms with Crippen LogP contribution in [0.5, 0.6) is 0 Å². The smallest absolute Gasteiger partial charge is 0.226 e. The van der Waals surface area contributed by atoms with Gasteiger partial charge in [0.2, 0.25) is 5.91 Å². The molecular formula is C18H14Cl2N2OS2. The zero-order valence-corrected chi connectivity index (χ0v) is 16.2. The third-order valence-electron chi connectivity index (χ3n) is 3.30. The number of halogens is 2. The molecule has 0 fully saturated rings. The van der Waals surface area contributed by atoms with Gasteiger partial charge >= 0.3 is 0 Å². The highest BCUT2D eigenvalue weighted by Crippen LogP contribution is 2.32. The molecule has 3 rings (SSSR count). The number of nitrogens with one attached hydrogen (secondary N) is 1. The van der Waals surface area contributed by atoms with Crippen LogP contribution in [-0.2, 0) is 4.79 Å². The lowest BCUT2D eigenvalue weighted by atomic mass is 10.2. The van der Waals surface area contributed by atoms with Crippen molar-refractivity contribution < 1.29 is 4.79 Å². The Balaban J connectivity index is 1.55. The molecule has 0 saturated heterocycles. The van der Waals surface area contributed by atoms with E-state index in [0.29, 0.717) is 21.6 Å². The number of hydrogen-bond acceptors (Lipinski definition) is 4. The standard InChI is InChI=1S/C18H14Cl2N2OS2/c19-12-6-7-14(15(20)10-12)16-11-25-18(21-16)22-17(23)8-9-24-13-4-2-1-3-5-13/h1-7,10-11H,8-9H2,(H,21,22,23). The fourth-order valence-corrected chi connectivity index (χ4v) is 4.22. The second kappa shape index (κ2) is 8.72. The molecule has 0 aliphatic heterocycles. The number of anilines is 1. The van der Waals surface area contributed by atoms with Gasteiger partial charge in [0.15, 0.2) is 5.13 Å². The Hall–Kier alpha value is -1.53. The number of hydrogen-bond donors (Lipinski definition) is 1. The summed E-state index contributed by atoms with van der Waals surface area (Å²) in [6.45, 7) is 0. The lowest BCUT2D eigenvalue weighted by Gasteiger charge is -2.03. The van der Waals surface area contributed by atoms with E-state index in [1.165, 1.54) is 11.3 Å². The molecule has 0 aliphatic carbocycles. The lowest BCUT2D eigenvalue weighted by molar-refractivity contribution is -0.115. The molecule has 1 aromatic heterocycles. The van der Waals surface area contributed by atoms with Crippen LogP contribution >= 0.6 is 46.3 Å². The minimum atomic E-state index is -0.0495. The van der Waals surface area contributed by atoms with Crippen LogP contribution in [0.4, 0.5) is 5.13 Å². The van der Waals surface area contributed by atoms with Crippen molar-refractivity contribution >= 4 is 57.3 Å². The van der Waals surface area contributed by atoms with E-state index in [4.69, 9.17) is 23.2 Å². The fraction of sp³-hybridized carbons (Fsp3) is 0.111. The minimum absolute atomic E-state index is 0.0495. The minimum Gasteiger partial charge on any atom is -0.302 e. The first-order chi connectivity index (χ1) is 12.1. The molecule has 2 aromatic carbocycles. The van der Waals surface area contributed by atoms with Gasteiger partial charge in [-0.2, -0.15) is 0 Å². The van der Waals surface area contributed by atoms with Crippen molar-refractivity contribution in [2.75, 3.05) is 11.1 Å². The molecule has 1 amide bonds. The Morgan fingerprint density at radius 2 is 1.96 bits per heavy atom. The van der Waals surface area contributed by atoms with Crippen molar-refractivity contribution in [1.29, 1.82) is 0 Å². The second-order valence-electron chi connectivity index (χ2n) is 5.12. The number of amides is 1. The van der Waals surface area contributed by atoms with Crippen LogP contribution in [0.15, 0.2) is 58.8 Å². The maximum absolute atomic E-state index is 12.1. The topological polar surface area (TPSA) is 42.0 Å². The highest BCUT2D eigenvalue weighted by molar-refractivity contribution is 7.99. The van der Waals surface area contributed by atoms with Gasteiger partial charge in [-0.15, -0.1) is 23.1 Å². The summed E-state index contributed by atoms with van der Waals surface area (Å²) in [4.78, 5) is 17.6. The SMILES string of the molecule is O=C(CCSc1ccccc1)Nc1nc(-c2ccc(Cl)cc2Cl)cs1. The number of thioether (sulfide) groups is 1. The number of benzene rings is 2. The highest BCUT2D eigenvalue weighted by atomic mass is 35.5. The zero-order chi connectivity index (χ0) is 17.6. The van der Waals surface area contributed by atoms with Crippen LogP contribution in [0, 0.1) is 0 Å². The molecule has 0 aliphatic rings. The molecular weight excluding hydrogens is 395 g/mol. The van der Waals surface area contributed by atoms with Gasteiger partial charge in [0.1, 0.15) is 0 Å². The quantitative estimate of drug-likeness (QED) is 0.490. The van der Waals surface area contributed by atoms with E-state index in [2.05, 4.69) is 10.3 Å². The van der Waals surface area contributed by atoms with E-state index < -0.39 is 0 Å². The molecule has 0 saturated carbocycles. The third-order valence-corrected chi connectivity index (χ3v) is 5.62. The predicted octanol–water partition coefficient (Wildman–Crippen LogP) is 6.24. The van der Waals surface area contributed by atoms with Crippen molar-refractivity contribution in [3.8, 4) is 11.3 Å². The first-order valence-corrected chi connectivity index (χ1v) is 10.1. The Labute approximate surface area is 164 Å². The Kier molecular flexibility index (Phi) is 6.37. The monoisotopic (exact) mass is 408 g/mol. The number of thiazole rings is 1. The molecule has 0 bridgehead atoms. The highest BCUT2D eigenvalue weighted by Gasteiger charge is 2.11. The average Bonchev–Trinajstić information content (AvgIpc) is 3.04. The van der Waals surface area contributed by atoms with E-state index in [9.17, 15) is 4.79 Å².